The lowest BCUT2D eigenvalue weighted by Gasteiger charge is -2.11. The highest BCUT2D eigenvalue weighted by molar-refractivity contribution is 6.09. The minimum Gasteiger partial charge on any atom is -0.309 e. The van der Waals surface area contributed by atoms with Crippen LogP contribution in [0, 0.1) is 0 Å². The molecule has 0 spiro atoms. The van der Waals surface area contributed by atoms with E-state index in [0.29, 0.717) is 17.5 Å². The van der Waals surface area contributed by atoms with Crippen LogP contribution in [-0.2, 0) is 0 Å². The van der Waals surface area contributed by atoms with Gasteiger partial charge in [0.1, 0.15) is 0 Å². The monoisotopic (exact) mass is 626 g/mol. The number of para-hydroxylation sites is 2. The Morgan fingerprint density at radius 2 is 0.673 bits per heavy atom. The molecule has 4 nitrogen and oxygen atoms in total. The van der Waals surface area contributed by atoms with Crippen molar-refractivity contribution >= 4 is 21.8 Å². The predicted molar refractivity (Wildman–Crippen MR) is 201 cm³/mol. The van der Waals surface area contributed by atoms with E-state index in [4.69, 9.17) is 15.0 Å². The van der Waals surface area contributed by atoms with Crippen LogP contribution in [0.4, 0.5) is 0 Å². The Hall–Kier alpha value is -6.65. The molecule has 0 aliphatic carbocycles. The number of nitrogens with zero attached hydrogens (tertiary/aromatic N) is 4. The summed E-state index contributed by atoms with van der Waals surface area (Å²) in [6, 6.07) is 63.4. The average Bonchev–Trinajstić information content (AvgIpc) is 3.53. The first-order valence-corrected chi connectivity index (χ1v) is 16.5. The van der Waals surface area contributed by atoms with E-state index in [0.717, 1.165) is 39.1 Å². The molecule has 0 aliphatic rings. The number of benzene rings is 7. The fourth-order valence-electron chi connectivity index (χ4n) is 6.63. The Morgan fingerprint density at radius 1 is 0.286 bits per heavy atom. The zero-order valence-corrected chi connectivity index (χ0v) is 26.6. The fraction of sp³-hybridized carbons (Fsp3) is 0. The zero-order valence-electron chi connectivity index (χ0n) is 26.6. The number of hydrogen-bond donors (Lipinski definition) is 0. The molecule has 0 saturated carbocycles. The SMILES string of the molecule is c1ccc(-c2ccc(-c3nc(-c4ccccc4)nc(-c4cccc(-c5ccc(-n6c7ccccc7c7ccccc76)cc5)c4)n3)cc2)cc1. The third kappa shape index (κ3) is 5.35. The van der Waals surface area contributed by atoms with Gasteiger partial charge in [-0.1, -0.05) is 152 Å². The van der Waals surface area contributed by atoms with E-state index in [1.54, 1.807) is 0 Å². The second-order valence-corrected chi connectivity index (χ2v) is 12.1. The largest absolute Gasteiger partial charge is 0.309 e. The van der Waals surface area contributed by atoms with E-state index in [2.05, 4.69) is 150 Å². The Bertz CT molecular complexity index is 2520. The summed E-state index contributed by atoms with van der Waals surface area (Å²) in [7, 11) is 0. The highest BCUT2D eigenvalue weighted by Crippen LogP contribution is 2.34. The number of fused-ring (bicyclic) bond motifs is 3. The van der Waals surface area contributed by atoms with Gasteiger partial charge >= 0.3 is 0 Å². The van der Waals surface area contributed by atoms with Crippen molar-refractivity contribution in [1.29, 1.82) is 0 Å². The minimum absolute atomic E-state index is 0.639. The van der Waals surface area contributed by atoms with Gasteiger partial charge in [-0.2, -0.15) is 0 Å². The van der Waals surface area contributed by atoms with Gasteiger partial charge in [-0.3, -0.25) is 0 Å². The molecule has 0 bridgehead atoms. The summed E-state index contributed by atoms with van der Waals surface area (Å²) in [5, 5.41) is 2.52. The maximum absolute atomic E-state index is 5.02. The average molecular weight is 627 g/mol. The maximum Gasteiger partial charge on any atom is 0.164 e. The lowest BCUT2D eigenvalue weighted by atomic mass is 10.0. The molecular formula is C45H30N4. The van der Waals surface area contributed by atoms with Crippen LogP contribution in [0.3, 0.4) is 0 Å². The molecule has 49 heavy (non-hydrogen) atoms. The van der Waals surface area contributed by atoms with Crippen LogP contribution in [0.5, 0.6) is 0 Å². The van der Waals surface area contributed by atoms with E-state index >= 15 is 0 Å². The molecule has 230 valence electrons. The van der Waals surface area contributed by atoms with Crippen molar-refractivity contribution in [2.24, 2.45) is 0 Å². The minimum atomic E-state index is 0.639. The van der Waals surface area contributed by atoms with Gasteiger partial charge in [0, 0.05) is 33.2 Å². The van der Waals surface area contributed by atoms with Crippen molar-refractivity contribution in [1.82, 2.24) is 19.5 Å². The van der Waals surface area contributed by atoms with Crippen LogP contribution in [0.15, 0.2) is 182 Å². The van der Waals surface area contributed by atoms with E-state index < -0.39 is 0 Å². The molecule has 9 aromatic rings. The predicted octanol–water partition coefficient (Wildman–Crippen LogP) is 11.3. The second kappa shape index (κ2) is 12.2. The van der Waals surface area contributed by atoms with Crippen LogP contribution in [-0.4, -0.2) is 19.5 Å². The topological polar surface area (TPSA) is 43.6 Å². The molecule has 2 heterocycles. The van der Waals surface area contributed by atoms with Crippen molar-refractivity contribution in [3.8, 4) is 62.1 Å². The Morgan fingerprint density at radius 3 is 1.29 bits per heavy atom. The van der Waals surface area contributed by atoms with Crippen LogP contribution in [0.2, 0.25) is 0 Å². The van der Waals surface area contributed by atoms with Gasteiger partial charge in [0.05, 0.1) is 11.0 Å². The number of rotatable bonds is 6. The highest BCUT2D eigenvalue weighted by atomic mass is 15.0. The van der Waals surface area contributed by atoms with Gasteiger partial charge in [-0.25, -0.2) is 15.0 Å². The van der Waals surface area contributed by atoms with Crippen LogP contribution >= 0.6 is 0 Å². The Balaban J connectivity index is 1.09. The van der Waals surface area contributed by atoms with Crippen LogP contribution in [0.1, 0.15) is 0 Å². The second-order valence-electron chi connectivity index (χ2n) is 12.1. The smallest absolute Gasteiger partial charge is 0.164 e. The van der Waals surface area contributed by atoms with E-state index in [1.807, 2.05) is 36.4 Å². The van der Waals surface area contributed by atoms with Gasteiger partial charge in [-0.15, -0.1) is 0 Å². The summed E-state index contributed by atoms with van der Waals surface area (Å²) >= 11 is 0. The van der Waals surface area contributed by atoms with Gasteiger partial charge < -0.3 is 4.57 Å². The van der Waals surface area contributed by atoms with Gasteiger partial charge in [-0.05, 0) is 52.6 Å². The molecule has 0 fully saturated rings. The Kier molecular flexibility index (Phi) is 7.10. The first-order chi connectivity index (χ1) is 24.3. The van der Waals surface area contributed by atoms with Crippen molar-refractivity contribution in [3.05, 3.63) is 182 Å². The normalized spacial score (nSPS) is 11.3. The molecule has 0 aliphatic heterocycles. The molecule has 0 saturated heterocycles. The third-order valence-corrected chi connectivity index (χ3v) is 9.08. The van der Waals surface area contributed by atoms with Crippen molar-refractivity contribution < 1.29 is 0 Å². The van der Waals surface area contributed by atoms with Gasteiger partial charge in [0.25, 0.3) is 0 Å². The van der Waals surface area contributed by atoms with Gasteiger partial charge in [0.2, 0.25) is 0 Å². The van der Waals surface area contributed by atoms with Crippen molar-refractivity contribution in [2.45, 2.75) is 0 Å². The summed E-state index contributed by atoms with van der Waals surface area (Å²) in [6.45, 7) is 0. The summed E-state index contributed by atoms with van der Waals surface area (Å²) in [6.07, 6.45) is 0. The standard InChI is InChI=1S/C45H30N4/c1-3-12-31(13-4-1)32-22-24-35(25-23-32)44-46-43(34-14-5-2-6-15-34)47-45(48-44)37-17-11-16-36(30-37)33-26-28-38(29-27-33)49-41-20-9-7-18-39(41)40-19-8-10-21-42(40)49/h1-30H. The summed E-state index contributed by atoms with van der Waals surface area (Å²) in [5.74, 6) is 1.93. The molecule has 2 aromatic heterocycles. The molecule has 9 rings (SSSR count). The quantitative estimate of drug-likeness (QED) is 0.184. The number of aromatic nitrogens is 4. The van der Waals surface area contributed by atoms with Gasteiger partial charge in [0.15, 0.2) is 17.5 Å². The van der Waals surface area contributed by atoms with Crippen LogP contribution < -0.4 is 0 Å². The molecule has 0 N–H and O–H groups in total. The first kappa shape index (κ1) is 28.6. The molecule has 0 atom stereocenters. The third-order valence-electron chi connectivity index (χ3n) is 9.08. The van der Waals surface area contributed by atoms with Crippen molar-refractivity contribution in [2.75, 3.05) is 0 Å². The molecule has 4 heteroatoms. The van der Waals surface area contributed by atoms with E-state index in [-0.39, 0.29) is 0 Å². The van der Waals surface area contributed by atoms with Crippen molar-refractivity contribution in [3.63, 3.8) is 0 Å². The summed E-state index contributed by atoms with van der Waals surface area (Å²) < 4.78 is 2.34. The lowest BCUT2D eigenvalue weighted by molar-refractivity contribution is 1.07. The molecular weight excluding hydrogens is 597 g/mol. The van der Waals surface area contributed by atoms with E-state index in [1.165, 1.54) is 27.4 Å². The summed E-state index contributed by atoms with van der Waals surface area (Å²) in [5.41, 5.74) is 10.9. The number of hydrogen-bond acceptors (Lipinski definition) is 3. The highest BCUT2D eigenvalue weighted by Gasteiger charge is 2.14. The fourth-order valence-corrected chi connectivity index (χ4v) is 6.63. The van der Waals surface area contributed by atoms with Crippen LogP contribution in [0.25, 0.3) is 83.9 Å². The molecule has 0 unspecified atom stereocenters. The first-order valence-electron chi connectivity index (χ1n) is 16.5. The maximum atomic E-state index is 5.02. The molecule has 0 amide bonds. The molecule has 7 aromatic carbocycles. The Labute approximate surface area is 284 Å². The lowest BCUT2D eigenvalue weighted by Crippen LogP contribution is -2.00. The zero-order chi connectivity index (χ0) is 32.6. The molecule has 0 radical (unpaired) electrons. The van der Waals surface area contributed by atoms with E-state index in [9.17, 15) is 0 Å². The summed E-state index contributed by atoms with van der Waals surface area (Å²) in [4.78, 5) is 14.9.